The van der Waals surface area contributed by atoms with E-state index in [-0.39, 0.29) is 12.0 Å². The smallest absolute Gasteiger partial charge is 0.392 e. The maximum absolute atomic E-state index is 12.6. The molecule has 0 bridgehead atoms. The zero-order valence-corrected chi connectivity index (χ0v) is 18.9. The molecule has 0 saturated carbocycles. The monoisotopic (exact) mass is 459 g/mol. The third kappa shape index (κ3) is 6.72. The molecule has 5 nitrogen and oxygen atoms in total. The van der Waals surface area contributed by atoms with Gasteiger partial charge in [0, 0.05) is 24.9 Å². The molecule has 1 atom stereocenters. The van der Waals surface area contributed by atoms with Crippen LogP contribution in [-0.4, -0.2) is 35.0 Å². The van der Waals surface area contributed by atoms with Crippen molar-refractivity contribution < 1.29 is 22.6 Å². The lowest BCUT2D eigenvalue weighted by atomic mass is 10.0. The van der Waals surface area contributed by atoms with Crippen molar-refractivity contribution in [2.24, 2.45) is 0 Å². The van der Waals surface area contributed by atoms with Crippen LogP contribution in [-0.2, 0) is 11.3 Å². The zero-order chi connectivity index (χ0) is 23.8. The van der Waals surface area contributed by atoms with Gasteiger partial charge in [0.15, 0.2) is 0 Å². The highest BCUT2D eigenvalue weighted by atomic mass is 19.4. The number of hydrogen-bond donors (Lipinski definition) is 0. The number of nitriles is 1. The predicted molar refractivity (Wildman–Crippen MR) is 121 cm³/mol. The first-order valence-electron chi connectivity index (χ1n) is 11.2. The summed E-state index contributed by atoms with van der Waals surface area (Å²) in [5.41, 5.74) is 3.26. The molecule has 3 aromatic rings. The Balaban J connectivity index is 1.95. The van der Waals surface area contributed by atoms with Gasteiger partial charge in [0.25, 0.3) is 0 Å². The molecule has 1 unspecified atom stereocenters. The number of nitrogens with zero attached hydrogens (tertiary/aromatic N) is 3. The second-order valence-electron chi connectivity index (χ2n) is 7.87. The largest absolute Gasteiger partial charge is 0.477 e. The number of hydrogen-bond acceptors (Lipinski definition) is 4. The number of halogens is 3. The quantitative estimate of drug-likeness (QED) is 0.307. The predicted octanol–water partition coefficient (Wildman–Crippen LogP) is 6.50. The van der Waals surface area contributed by atoms with Gasteiger partial charge in [0.2, 0.25) is 5.88 Å². The van der Waals surface area contributed by atoms with Crippen LogP contribution in [0.3, 0.4) is 0 Å². The van der Waals surface area contributed by atoms with E-state index >= 15 is 0 Å². The Morgan fingerprint density at radius 1 is 1.12 bits per heavy atom. The van der Waals surface area contributed by atoms with Crippen molar-refractivity contribution in [1.82, 2.24) is 9.55 Å². The summed E-state index contributed by atoms with van der Waals surface area (Å²) in [5.74, 6) is 0.139. The number of benzene rings is 1. The molecule has 0 N–H and O–H groups in total. The Kier molecular flexibility index (Phi) is 8.34. The molecule has 2 heterocycles. The van der Waals surface area contributed by atoms with Gasteiger partial charge in [-0.2, -0.15) is 18.4 Å². The molecule has 8 heteroatoms. The molecule has 176 valence electrons. The van der Waals surface area contributed by atoms with Gasteiger partial charge in [-0.3, -0.25) is 0 Å². The molecule has 0 aliphatic carbocycles. The number of rotatable bonds is 11. The standard InChI is InChI=1S/C25H28F3N3O2/c1-3-5-13-32-20(4-2)17-31-12-10-22-23(31)15-21(19-8-6-18(16-29)7-9-19)24(30-22)33-14-11-25(26,27)28/h6-10,12,15,20H,3-5,11,13-14,17H2,1-2H3. The number of alkyl halides is 3. The lowest BCUT2D eigenvalue weighted by Crippen LogP contribution is -2.19. The van der Waals surface area contributed by atoms with Gasteiger partial charge in [-0.15, -0.1) is 0 Å². The molecule has 0 aliphatic heterocycles. The first kappa shape index (κ1) is 24.6. The van der Waals surface area contributed by atoms with E-state index in [1.807, 2.05) is 18.3 Å². The third-order valence-corrected chi connectivity index (χ3v) is 5.37. The summed E-state index contributed by atoms with van der Waals surface area (Å²) >= 11 is 0. The minimum absolute atomic E-state index is 0.0493. The van der Waals surface area contributed by atoms with E-state index in [1.165, 1.54) is 0 Å². The van der Waals surface area contributed by atoms with Crippen LogP contribution in [0.5, 0.6) is 5.88 Å². The van der Waals surface area contributed by atoms with Crippen molar-refractivity contribution in [3.63, 3.8) is 0 Å². The van der Waals surface area contributed by atoms with Gasteiger partial charge in [-0.25, -0.2) is 4.98 Å². The van der Waals surface area contributed by atoms with Crippen molar-refractivity contribution in [1.29, 1.82) is 5.26 Å². The number of fused-ring (bicyclic) bond motifs is 1. The molecule has 0 saturated heterocycles. The molecule has 0 spiro atoms. The number of unbranched alkanes of at least 4 members (excludes halogenated alkanes) is 1. The van der Waals surface area contributed by atoms with Crippen LogP contribution in [0.15, 0.2) is 42.6 Å². The number of pyridine rings is 1. The molecular formula is C25H28F3N3O2. The fourth-order valence-corrected chi connectivity index (χ4v) is 3.47. The molecule has 1 aromatic carbocycles. The van der Waals surface area contributed by atoms with Gasteiger partial charge >= 0.3 is 6.18 Å². The Morgan fingerprint density at radius 3 is 2.52 bits per heavy atom. The van der Waals surface area contributed by atoms with Gasteiger partial charge in [0.05, 0.1) is 41.8 Å². The van der Waals surface area contributed by atoms with Gasteiger partial charge < -0.3 is 14.0 Å². The second-order valence-corrected chi connectivity index (χ2v) is 7.87. The zero-order valence-electron chi connectivity index (χ0n) is 18.9. The number of aromatic nitrogens is 2. The average Bonchev–Trinajstić information content (AvgIpc) is 3.18. The molecule has 0 fully saturated rings. The van der Waals surface area contributed by atoms with E-state index in [9.17, 15) is 13.2 Å². The van der Waals surface area contributed by atoms with E-state index in [0.717, 1.165) is 24.8 Å². The summed E-state index contributed by atoms with van der Waals surface area (Å²) in [5, 5.41) is 9.07. The maximum atomic E-state index is 12.6. The second kappa shape index (κ2) is 11.2. The molecular weight excluding hydrogens is 431 g/mol. The Morgan fingerprint density at radius 2 is 1.88 bits per heavy atom. The Hall–Kier alpha value is -3.05. The van der Waals surface area contributed by atoms with Crippen LogP contribution in [0.1, 0.15) is 45.1 Å². The molecule has 0 radical (unpaired) electrons. The van der Waals surface area contributed by atoms with Crippen LogP contribution in [0, 0.1) is 11.3 Å². The van der Waals surface area contributed by atoms with Gasteiger partial charge in [-0.05, 0) is 42.7 Å². The van der Waals surface area contributed by atoms with E-state index in [0.29, 0.717) is 35.4 Å². The molecule has 0 aliphatic rings. The normalized spacial score (nSPS) is 12.6. The van der Waals surface area contributed by atoms with Crippen molar-refractivity contribution in [3.05, 3.63) is 48.2 Å². The van der Waals surface area contributed by atoms with Crippen LogP contribution < -0.4 is 4.74 Å². The van der Waals surface area contributed by atoms with Gasteiger partial charge in [-0.1, -0.05) is 32.4 Å². The fourth-order valence-electron chi connectivity index (χ4n) is 3.47. The van der Waals surface area contributed by atoms with Crippen molar-refractivity contribution in [3.8, 4) is 23.1 Å². The average molecular weight is 460 g/mol. The Bertz CT molecular complexity index is 1090. The van der Waals surface area contributed by atoms with E-state index in [1.54, 1.807) is 24.3 Å². The molecule has 33 heavy (non-hydrogen) atoms. The minimum atomic E-state index is -4.31. The minimum Gasteiger partial charge on any atom is -0.477 e. The van der Waals surface area contributed by atoms with Crippen molar-refractivity contribution >= 4 is 11.0 Å². The topological polar surface area (TPSA) is 60.1 Å². The first-order chi connectivity index (χ1) is 15.8. The summed E-state index contributed by atoms with van der Waals surface area (Å²) in [4.78, 5) is 4.53. The van der Waals surface area contributed by atoms with Gasteiger partial charge in [0.1, 0.15) is 0 Å². The van der Waals surface area contributed by atoms with E-state index in [4.69, 9.17) is 14.7 Å². The highest BCUT2D eigenvalue weighted by Gasteiger charge is 2.27. The first-order valence-corrected chi connectivity index (χ1v) is 11.2. The van der Waals surface area contributed by atoms with Crippen LogP contribution >= 0.6 is 0 Å². The third-order valence-electron chi connectivity index (χ3n) is 5.37. The van der Waals surface area contributed by atoms with E-state index < -0.39 is 19.2 Å². The lowest BCUT2D eigenvalue weighted by Gasteiger charge is -2.18. The van der Waals surface area contributed by atoms with Crippen LogP contribution in [0.4, 0.5) is 13.2 Å². The Labute approximate surface area is 191 Å². The summed E-state index contributed by atoms with van der Waals surface area (Å²) in [7, 11) is 0. The summed E-state index contributed by atoms with van der Waals surface area (Å²) < 4.78 is 51.5. The summed E-state index contributed by atoms with van der Waals surface area (Å²) in [6.45, 7) is 5.03. The van der Waals surface area contributed by atoms with Crippen LogP contribution in [0.25, 0.3) is 22.2 Å². The van der Waals surface area contributed by atoms with E-state index in [2.05, 4.69) is 29.5 Å². The number of ether oxygens (including phenoxy) is 2. The summed E-state index contributed by atoms with van der Waals surface area (Å²) in [6.07, 6.45) is -0.482. The summed E-state index contributed by atoms with van der Waals surface area (Å²) in [6, 6.07) is 12.6. The van der Waals surface area contributed by atoms with Crippen molar-refractivity contribution in [2.45, 2.75) is 58.4 Å². The van der Waals surface area contributed by atoms with Crippen molar-refractivity contribution in [2.75, 3.05) is 13.2 Å². The fraction of sp³-hybridized carbons (Fsp3) is 0.440. The lowest BCUT2D eigenvalue weighted by molar-refractivity contribution is -0.139. The highest BCUT2D eigenvalue weighted by molar-refractivity contribution is 5.84. The van der Waals surface area contributed by atoms with Crippen LogP contribution in [0.2, 0.25) is 0 Å². The molecule has 0 amide bonds. The highest BCUT2D eigenvalue weighted by Crippen LogP contribution is 2.33. The SMILES string of the molecule is CCCCOC(CC)Cn1ccc2nc(OCCC(F)(F)F)c(-c3ccc(C#N)cc3)cc21. The molecule has 2 aromatic heterocycles. The maximum Gasteiger partial charge on any atom is 0.392 e. The molecule has 3 rings (SSSR count).